The van der Waals surface area contributed by atoms with Gasteiger partial charge in [0.2, 0.25) is 5.69 Å². The van der Waals surface area contributed by atoms with Gasteiger partial charge in [-0.3, -0.25) is 0 Å². The predicted molar refractivity (Wildman–Crippen MR) is 77.9 cm³/mol. The zero-order valence-corrected chi connectivity index (χ0v) is 12.6. The highest BCUT2D eigenvalue weighted by atomic mass is 19.4. The molecule has 1 heterocycles. The minimum Gasteiger partial charge on any atom is -0.373 e. The summed E-state index contributed by atoms with van der Waals surface area (Å²) in [7, 11) is 0. The Hall–Kier alpha value is -2.63. The largest absolute Gasteiger partial charge is 0.475 e. The van der Waals surface area contributed by atoms with Gasteiger partial charge < -0.3 is 4.42 Å². The average Bonchev–Trinajstić information content (AvgIpc) is 2.94. The third kappa shape index (κ3) is 3.11. The summed E-state index contributed by atoms with van der Waals surface area (Å²) >= 11 is 0. The van der Waals surface area contributed by atoms with Gasteiger partial charge in [0.05, 0.1) is 10.7 Å². The minimum atomic E-state index is -4.64. The van der Waals surface area contributed by atoms with E-state index in [4.69, 9.17) is 4.42 Å². The number of benzene rings is 2. The maximum atomic E-state index is 13.0. The number of aromatic nitrogens is 2. The highest BCUT2D eigenvalue weighted by Gasteiger charge is 2.43. The van der Waals surface area contributed by atoms with Gasteiger partial charge in [-0.25, -0.2) is 0 Å². The molecule has 3 aromatic rings. The lowest BCUT2D eigenvalue weighted by Gasteiger charge is -1.96. The normalized spacial score (nSPS) is 11.7. The molecular formula is C17H14F3N2O+. The molecule has 118 valence electrons. The first-order valence-electron chi connectivity index (χ1n) is 6.99. The second-order valence-electron chi connectivity index (χ2n) is 5.32. The van der Waals surface area contributed by atoms with Crippen LogP contribution in [0.5, 0.6) is 0 Å². The lowest BCUT2D eigenvalue weighted by atomic mass is 10.1. The fraction of sp³-hybridized carbons (Fsp3) is 0.176. The quantitative estimate of drug-likeness (QED) is 0.661. The second kappa shape index (κ2) is 5.53. The number of rotatable bonds is 2. The molecule has 0 spiro atoms. The second-order valence-corrected chi connectivity index (χ2v) is 5.32. The van der Waals surface area contributed by atoms with E-state index < -0.39 is 12.1 Å². The summed E-state index contributed by atoms with van der Waals surface area (Å²) < 4.78 is 45.1. The molecule has 0 atom stereocenters. The molecule has 0 aliphatic rings. The van der Waals surface area contributed by atoms with Crippen molar-refractivity contribution in [2.75, 3.05) is 0 Å². The Bertz CT molecular complexity index is 756. The van der Waals surface area contributed by atoms with Crippen LogP contribution in [0.15, 0.2) is 52.9 Å². The van der Waals surface area contributed by atoms with Crippen molar-refractivity contribution in [3.05, 3.63) is 65.5 Å². The van der Waals surface area contributed by atoms with Crippen LogP contribution in [0.25, 0.3) is 17.1 Å². The Kier molecular flexibility index (Phi) is 3.67. The van der Waals surface area contributed by atoms with Crippen LogP contribution in [0.1, 0.15) is 17.0 Å². The topological polar surface area (TPSA) is 29.9 Å². The number of aryl methyl sites for hydroxylation is 2. The van der Waals surface area contributed by atoms with Crippen LogP contribution < -0.4 is 4.68 Å². The zero-order valence-electron chi connectivity index (χ0n) is 12.6. The van der Waals surface area contributed by atoms with Gasteiger partial charge in [0.25, 0.3) is 0 Å². The van der Waals surface area contributed by atoms with Crippen LogP contribution in [0, 0.1) is 13.8 Å². The first-order valence-corrected chi connectivity index (χ1v) is 6.99. The molecule has 0 aliphatic carbocycles. The maximum Gasteiger partial charge on any atom is 0.475 e. The standard InChI is InChI=1S/C17H14F3N2O/c1-11-3-7-13(8-4-11)15-22(14-9-5-12(2)6-10-14)21-16(23-15)17(18,19)20/h3-10H,1-2H3/q+1. The van der Waals surface area contributed by atoms with Gasteiger partial charge >= 0.3 is 18.0 Å². The van der Waals surface area contributed by atoms with Gasteiger partial charge in [-0.2, -0.15) is 13.2 Å². The van der Waals surface area contributed by atoms with E-state index in [1.54, 1.807) is 24.3 Å². The first kappa shape index (κ1) is 15.3. The zero-order chi connectivity index (χ0) is 16.6. The van der Waals surface area contributed by atoms with E-state index in [0.29, 0.717) is 11.3 Å². The van der Waals surface area contributed by atoms with Crippen molar-refractivity contribution in [3.63, 3.8) is 0 Å². The van der Waals surface area contributed by atoms with E-state index in [-0.39, 0.29) is 5.89 Å². The highest BCUT2D eigenvalue weighted by Crippen LogP contribution is 2.30. The summed E-state index contributed by atoms with van der Waals surface area (Å²) in [6.07, 6.45) is -4.64. The summed E-state index contributed by atoms with van der Waals surface area (Å²) in [5.41, 5.74) is 3.04. The molecule has 6 heteroatoms. The average molecular weight is 319 g/mol. The van der Waals surface area contributed by atoms with Crippen molar-refractivity contribution in [1.82, 2.24) is 5.10 Å². The molecule has 1 aromatic heterocycles. The number of alkyl halides is 3. The van der Waals surface area contributed by atoms with Crippen LogP contribution in [-0.4, -0.2) is 5.10 Å². The van der Waals surface area contributed by atoms with Gasteiger partial charge in [-0.05, 0) is 30.7 Å². The van der Waals surface area contributed by atoms with Crippen LogP contribution in [-0.2, 0) is 6.18 Å². The van der Waals surface area contributed by atoms with E-state index in [2.05, 4.69) is 5.10 Å². The molecule has 0 radical (unpaired) electrons. The summed E-state index contributed by atoms with van der Waals surface area (Å²) in [6.45, 7) is 3.80. The van der Waals surface area contributed by atoms with Crippen molar-refractivity contribution in [1.29, 1.82) is 0 Å². The molecule has 0 saturated heterocycles. The van der Waals surface area contributed by atoms with Crippen LogP contribution in [0.3, 0.4) is 0 Å². The van der Waals surface area contributed by atoms with E-state index in [0.717, 1.165) is 11.1 Å². The molecule has 0 unspecified atom stereocenters. The third-order valence-electron chi connectivity index (χ3n) is 3.40. The number of hydrogen-bond donors (Lipinski definition) is 0. The molecular weight excluding hydrogens is 305 g/mol. The van der Waals surface area contributed by atoms with Gasteiger partial charge in [0, 0.05) is 12.1 Å². The Morgan fingerprint density at radius 2 is 1.39 bits per heavy atom. The molecule has 2 aromatic carbocycles. The van der Waals surface area contributed by atoms with Crippen LogP contribution >= 0.6 is 0 Å². The molecule has 3 rings (SSSR count). The Labute approximate surface area is 131 Å². The first-order chi connectivity index (χ1) is 10.8. The van der Waals surface area contributed by atoms with Crippen LogP contribution in [0.4, 0.5) is 13.2 Å². The van der Waals surface area contributed by atoms with E-state index in [9.17, 15) is 13.2 Å². The highest BCUT2D eigenvalue weighted by molar-refractivity contribution is 5.51. The lowest BCUT2D eigenvalue weighted by molar-refractivity contribution is -0.649. The predicted octanol–water partition coefficient (Wildman–Crippen LogP) is 4.25. The van der Waals surface area contributed by atoms with Crippen LogP contribution in [0.2, 0.25) is 0 Å². The number of halogens is 3. The maximum absolute atomic E-state index is 13.0. The summed E-state index contributed by atoms with van der Waals surface area (Å²) in [4.78, 5) is 0. The van der Waals surface area contributed by atoms with Gasteiger partial charge in [-0.15, -0.1) is 0 Å². The molecule has 3 nitrogen and oxygen atoms in total. The van der Waals surface area contributed by atoms with E-state index in [1.165, 1.54) is 4.68 Å². The molecule has 0 saturated carbocycles. The third-order valence-corrected chi connectivity index (χ3v) is 3.40. The molecule has 0 bridgehead atoms. The van der Waals surface area contributed by atoms with Crippen molar-refractivity contribution >= 4 is 0 Å². The van der Waals surface area contributed by atoms with Crippen molar-refractivity contribution < 1.29 is 22.3 Å². The summed E-state index contributed by atoms with van der Waals surface area (Å²) in [5, 5.41) is 3.61. The number of hydrogen-bond acceptors (Lipinski definition) is 2. The fourth-order valence-corrected chi connectivity index (χ4v) is 2.14. The molecule has 0 amide bonds. The molecule has 0 N–H and O–H groups in total. The Morgan fingerprint density at radius 1 is 0.870 bits per heavy atom. The molecule has 0 fully saturated rings. The fourth-order valence-electron chi connectivity index (χ4n) is 2.14. The van der Waals surface area contributed by atoms with Crippen molar-refractivity contribution in [2.24, 2.45) is 0 Å². The van der Waals surface area contributed by atoms with Gasteiger partial charge in [-0.1, -0.05) is 35.4 Å². The SMILES string of the molecule is Cc1ccc(-c2oc(C(F)(F)F)n[n+]2-c2ccc(C)cc2)cc1. The molecule has 0 aliphatic heterocycles. The smallest absolute Gasteiger partial charge is 0.373 e. The summed E-state index contributed by atoms with van der Waals surface area (Å²) in [5.74, 6) is -1.23. The summed E-state index contributed by atoms with van der Waals surface area (Å²) in [6, 6.07) is 14.1. The van der Waals surface area contributed by atoms with E-state index in [1.807, 2.05) is 38.1 Å². The van der Waals surface area contributed by atoms with E-state index >= 15 is 0 Å². The van der Waals surface area contributed by atoms with Gasteiger partial charge in [0.15, 0.2) is 0 Å². The number of nitrogens with zero attached hydrogens (tertiary/aromatic N) is 2. The van der Waals surface area contributed by atoms with Crippen molar-refractivity contribution in [2.45, 2.75) is 20.0 Å². The minimum absolute atomic E-state index is 0.0428. The van der Waals surface area contributed by atoms with Gasteiger partial charge in [0.1, 0.15) is 0 Å². The molecule has 23 heavy (non-hydrogen) atoms. The monoisotopic (exact) mass is 319 g/mol. The Balaban J connectivity index is 2.18. The lowest BCUT2D eigenvalue weighted by Crippen LogP contribution is -2.35. The Morgan fingerprint density at radius 3 is 1.91 bits per heavy atom. The van der Waals surface area contributed by atoms with Crippen molar-refractivity contribution in [3.8, 4) is 17.1 Å².